The van der Waals surface area contributed by atoms with Gasteiger partial charge in [-0.2, -0.15) is 0 Å². The van der Waals surface area contributed by atoms with E-state index in [1.54, 1.807) is 24.3 Å². The largest absolute Gasteiger partial charge is 0.462 e. The van der Waals surface area contributed by atoms with Gasteiger partial charge in [0.15, 0.2) is 0 Å². The molecule has 2 unspecified atom stereocenters. The predicted molar refractivity (Wildman–Crippen MR) is 85.1 cm³/mol. The number of cyclic esters (lactones) is 1. The van der Waals surface area contributed by atoms with Gasteiger partial charge < -0.3 is 20.9 Å². The summed E-state index contributed by atoms with van der Waals surface area (Å²) in [6.07, 6.45) is 0.758. The Morgan fingerprint density at radius 2 is 2.04 bits per heavy atom. The maximum absolute atomic E-state index is 11.9. The van der Waals surface area contributed by atoms with Crippen molar-refractivity contribution in [1.29, 1.82) is 5.41 Å². The minimum atomic E-state index is -0.652. The number of carbonyl (C=O) groups excluding carboxylic acids is 2. The van der Waals surface area contributed by atoms with Gasteiger partial charge in [0, 0.05) is 17.7 Å². The first-order chi connectivity index (χ1) is 10.9. The number of nitrogens with two attached hydrogens (primary N) is 1. The van der Waals surface area contributed by atoms with E-state index in [1.165, 1.54) is 0 Å². The van der Waals surface area contributed by atoms with E-state index in [4.69, 9.17) is 15.9 Å². The Bertz CT molecular complexity index is 585. The Kier molecular flexibility index (Phi) is 5.70. The van der Waals surface area contributed by atoms with E-state index in [9.17, 15) is 14.7 Å². The van der Waals surface area contributed by atoms with Crippen molar-refractivity contribution >= 4 is 23.4 Å². The molecule has 1 saturated heterocycles. The van der Waals surface area contributed by atoms with E-state index < -0.39 is 12.1 Å². The van der Waals surface area contributed by atoms with Gasteiger partial charge in [0.05, 0.1) is 12.5 Å². The Balaban J connectivity index is 1.80. The van der Waals surface area contributed by atoms with E-state index in [-0.39, 0.29) is 30.7 Å². The van der Waals surface area contributed by atoms with E-state index in [2.05, 4.69) is 5.32 Å². The van der Waals surface area contributed by atoms with Gasteiger partial charge in [-0.3, -0.25) is 15.0 Å². The topological polar surface area (TPSA) is 126 Å². The number of rotatable bonds is 5. The first kappa shape index (κ1) is 17.0. The predicted octanol–water partition coefficient (Wildman–Crippen LogP) is 1.15. The Labute approximate surface area is 134 Å². The highest BCUT2D eigenvalue weighted by molar-refractivity contribution is 5.96. The molecular weight excluding hydrogens is 298 g/mol. The van der Waals surface area contributed by atoms with Crippen LogP contribution in [0.5, 0.6) is 0 Å². The number of aliphatic hydroxyl groups excluding tert-OH is 1. The summed E-state index contributed by atoms with van der Waals surface area (Å²) < 4.78 is 5.21. The molecule has 2 atom stereocenters. The third-order valence-electron chi connectivity index (χ3n) is 3.70. The van der Waals surface area contributed by atoms with Crippen molar-refractivity contribution in [3.8, 4) is 0 Å². The molecule has 1 aliphatic rings. The summed E-state index contributed by atoms with van der Waals surface area (Å²) >= 11 is 0. The number of nitrogen functional groups attached to an aromatic ring is 1. The highest BCUT2D eigenvalue weighted by Crippen LogP contribution is 2.19. The number of anilines is 1. The number of benzene rings is 1. The number of amides is 1. The normalized spacial score (nSPS) is 21.2. The summed E-state index contributed by atoms with van der Waals surface area (Å²) in [6, 6.07) is 6.67. The van der Waals surface area contributed by atoms with Gasteiger partial charge in [-0.25, -0.2) is 0 Å². The maximum Gasteiger partial charge on any atom is 0.308 e. The average molecular weight is 319 g/mol. The summed E-state index contributed by atoms with van der Waals surface area (Å²) in [5.41, 5.74) is 6.57. The monoisotopic (exact) mass is 319 g/mol. The molecule has 1 aromatic rings. The van der Waals surface area contributed by atoms with E-state index >= 15 is 0 Å². The third-order valence-corrected chi connectivity index (χ3v) is 3.70. The number of esters is 1. The van der Waals surface area contributed by atoms with E-state index in [0.717, 1.165) is 0 Å². The summed E-state index contributed by atoms with van der Waals surface area (Å²) in [4.78, 5) is 23.4. The zero-order valence-corrected chi connectivity index (χ0v) is 12.7. The van der Waals surface area contributed by atoms with Crippen LogP contribution < -0.4 is 11.1 Å². The molecule has 0 bridgehead atoms. The van der Waals surface area contributed by atoms with E-state index in [1.807, 2.05) is 0 Å². The van der Waals surface area contributed by atoms with Crippen molar-refractivity contribution in [1.82, 2.24) is 0 Å². The molecule has 7 heteroatoms. The molecule has 0 aliphatic carbocycles. The Hall–Kier alpha value is -2.41. The molecule has 5 N–H and O–H groups in total. The van der Waals surface area contributed by atoms with Gasteiger partial charge in [0.2, 0.25) is 5.91 Å². The van der Waals surface area contributed by atoms with Gasteiger partial charge in [-0.15, -0.1) is 0 Å². The van der Waals surface area contributed by atoms with Crippen LogP contribution in [0.4, 0.5) is 5.69 Å². The zero-order valence-electron chi connectivity index (χ0n) is 12.7. The summed E-state index contributed by atoms with van der Waals surface area (Å²) in [5.74, 6) is -0.623. The van der Waals surface area contributed by atoms with Crippen LogP contribution in [-0.4, -0.2) is 35.0 Å². The van der Waals surface area contributed by atoms with E-state index in [0.29, 0.717) is 30.5 Å². The molecule has 1 fully saturated rings. The minimum Gasteiger partial charge on any atom is -0.462 e. The number of amidine groups is 1. The SMILES string of the molecule is N=C(N)c1ccc(NC(=O)CCC2CCC(O)CC(=O)O2)cc1. The molecular formula is C16H21N3O4. The van der Waals surface area contributed by atoms with Crippen LogP contribution in [0, 0.1) is 5.41 Å². The molecule has 124 valence electrons. The Morgan fingerprint density at radius 3 is 2.70 bits per heavy atom. The van der Waals surface area contributed by atoms with Crippen molar-refractivity contribution in [3.05, 3.63) is 29.8 Å². The fraction of sp³-hybridized carbons (Fsp3) is 0.438. The van der Waals surface area contributed by atoms with Crippen LogP contribution in [-0.2, 0) is 14.3 Å². The van der Waals surface area contributed by atoms with Crippen LogP contribution in [0.25, 0.3) is 0 Å². The maximum atomic E-state index is 11.9. The lowest BCUT2D eigenvalue weighted by atomic mass is 10.1. The number of carbonyl (C=O) groups is 2. The molecule has 2 rings (SSSR count). The van der Waals surface area contributed by atoms with Crippen LogP contribution >= 0.6 is 0 Å². The molecule has 1 aromatic carbocycles. The smallest absolute Gasteiger partial charge is 0.308 e. The van der Waals surface area contributed by atoms with Gasteiger partial charge in [0.1, 0.15) is 11.9 Å². The summed E-state index contributed by atoms with van der Waals surface area (Å²) in [7, 11) is 0. The van der Waals surface area contributed by atoms with Crippen molar-refractivity contribution < 1.29 is 19.4 Å². The first-order valence-electron chi connectivity index (χ1n) is 7.56. The first-order valence-corrected chi connectivity index (χ1v) is 7.56. The third kappa shape index (κ3) is 5.37. The van der Waals surface area contributed by atoms with Gasteiger partial charge in [0.25, 0.3) is 0 Å². The second-order valence-corrected chi connectivity index (χ2v) is 5.63. The number of aliphatic hydroxyl groups is 1. The van der Waals surface area contributed by atoms with Crippen LogP contribution in [0.2, 0.25) is 0 Å². The lowest BCUT2D eigenvalue weighted by Crippen LogP contribution is -2.19. The fourth-order valence-electron chi connectivity index (χ4n) is 2.42. The van der Waals surface area contributed by atoms with Crippen molar-refractivity contribution in [2.45, 2.75) is 44.3 Å². The van der Waals surface area contributed by atoms with Crippen molar-refractivity contribution in [2.24, 2.45) is 5.73 Å². The number of ether oxygens (including phenoxy) is 1. The van der Waals surface area contributed by atoms with Gasteiger partial charge >= 0.3 is 5.97 Å². The summed E-state index contributed by atoms with van der Waals surface area (Å²) in [5, 5.41) is 19.6. The standard InChI is InChI=1S/C16H21N3O4/c17-16(18)10-1-3-11(4-2-10)19-14(21)8-7-13-6-5-12(20)9-15(22)23-13/h1-4,12-13,20H,5-9H2,(H3,17,18)(H,19,21). The van der Waals surface area contributed by atoms with Gasteiger partial charge in [-0.1, -0.05) is 0 Å². The zero-order chi connectivity index (χ0) is 16.8. The second-order valence-electron chi connectivity index (χ2n) is 5.63. The lowest BCUT2D eigenvalue weighted by molar-refractivity contribution is -0.149. The second kappa shape index (κ2) is 7.73. The molecule has 0 spiro atoms. The van der Waals surface area contributed by atoms with Crippen LogP contribution in [0.15, 0.2) is 24.3 Å². The molecule has 1 aliphatic heterocycles. The molecule has 23 heavy (non-hydrogen) atoms. The van der Waals surface area contributed by atoms with Gasteiger partial charge in [-0.05, 0) is 43.5 Å². The Morgan fingerprint density at radius 1 is 1.35 bits per heavy atom. The average Bonchev–Trinajstić information content (AvgIpc) is 2.66. The molecule has 7 nitrogen and oxygen atoms in total. The lowest BCUT2D eigenvalue weighted by Gasteiger charge is -2.14. The molecule has 1 heterocycles. The van der Waals surface area contributed by atoms with Crippen LogP contribution in [0.1, 0.15) is 37.7 Å². The van der Waals surface area contributed by atoms with Crippen molar-refractivity contribution in [3.63, 3.8) is 0 Å². The van der Waals surface area contributed by atoms with Crippen molar-refractivity contribution in [2.75, 3.05) is 5.32 Å². The van der Waals surface area contributed by atoms with Crippen LogP contribution in [0.3, 0.4) is 0 Å². The highest BCUT2D eigenvalue weighted by atomic mass is 16.5. The fourth-order valence-corrected chi connectivity index (χ4v) is 2.42. The molecule has 0 aromatic heterocycles. The number of hydrogen-bond donors (Lipinski definition) is 4. The highest BCUT2D eigenvalue weighted by Gasteiger charge is 2.24. The molecule has 0 radical (unpaired) electrons. The number of nitrogens with one attached hydrogen (secondary N) is 2. The minimum absolute atomic E-state index is 0.0190. The summed E-state index contributed by atoms with van der Waals surface area (Å²) in [6.45, 7) is 0. The number of hydrogen-bond acceptors (Lipinski definition) is 5. The molecule has 0 saturated carbocycles. The quantitative estimate of drug-likeness (QED) is 0.368. The molecule has 1 amide bonds.